The van der Waals surface area contributed by atoms with E-state index in [-0.39, 0.29) is 50.1 Å². The second-order valence-corrected chi connectivity index (χ2v) is 12.9. The number of ether oxygens (including phenoxy) is 2. The standard InChI is InChI=1S/C30H43FN4O7/c1-29(2,3)13-12-19(36)10-11-23(33-27(39)42-30(4,5)6)26(38)35-16-20(14-24(35)25(32)37)41-28(40)34-15-18-8-7-9-22(31)21(18)17-34/h7-9,12-13,20,23-25,37H,10-11,14-17,32H2,1-6H3,(H,33,39)/b13-12-/t20?,23-,24?,25?/m0/s1. The SMILES string of the molecule is CC(C)(C)/C=C\C(=O)CC[C@H](NC(=O)OC(C)(C)C)C(=O)N1CC(OC(=O)N2Cc3cccc(F)c3C2)CC1C(N)O. The average Bonchev–Trinajstić information content (AvgIpc) is 3.49. The summed E-state index contributed by atoms with van der Waals surface area (Å²) in [6, 6.07) is 2.57. The maximum Gasteiger partial charge on any atom is 0.410 e. The van der Waals surface area contributed by atoms with Gasteiger partial charge in [0.1, 0.15) is 29.8 Å². The van der Waals surface area contributed by atoms with Crippen molar-refractivity contribution in [2.45, 2.75) is 104 Å². The zero-order valence-electron chi connectivity index (χ0n) is 25.2. The Hall–Kier alpha value is -3.51. The minimum Gasteiger partial charge on any atom is -0.444 e. The summed E-state index contributed by atoms with van der Waals surface area (Å²) in [5.74, 6) is -1.22. The number of halogens is 1. The van der Waals surface area contributed by atoms with Crippen LogP contribution in [0.1, 0.15) is 71.9 Å². The van der Waals surface area contributed by atoms with Crippen molar-refractivity contribution in [2.24, 2.45) is 11.1 Å². The number of nitrogens with two attached hydrogens (primary N) is 1. The highest BCUT2D eigenvalue weighted by molar-refractivity contribution is 5.91. The van der Waals surface area contributed by atoms with Crippen LogP contribution in [-0.2, 0) is 32.2 Å². The van der Waals surface area contributed by atoms with Crippen LogP contribution in [0.25, 0.3) is 0 Å². The summed E-state index contributed by atoms with van der Waals surface area (Å²) in [6.45, 7) is 11.0. The number of nitrogens with one attached hydrogen (secondary N) is 1. The number of ketones is 1. The fraction of sp³-hybridized carbons (Fsp3) is 0.600. The normalized spacial score (nSPS) is 20.3. The predicted molar refractivity (Wildman–Crippen MR) is 152 cm³/mol. The number of amides is 3. The van der Waals surface area contributed by atoms with Gasteiger partial charge in [0.15, 0.2) is 5.78 Å². The van der Waals surface area contributed by atoms with Gasteiger partial charge in [-0.05, 0) is 50.3 Å². The van der Waals surface area contributed by atoms with E-state index < -0.39 is 53.9 Å². The number of carbonyl (C=O) groups excluding carboxylic acids is 4. The number of rotatable bonds is 8. The monoisotopic (exact) mass is 590 g/mol. The molecule has 1 saturated heterocycles. The minimum atomic E-state index is -1.46. The Morgan fingerprint density at radius 2 is 1.86 bits per heavy atom. The molecule has 1 fully saturated rings. The smallest absolute Gasteiger partial charge is 0.410 e. The maximum atomic E-state index is 14.1. The van der Waals surface area contributed by atoms with Crippen LogP contribution in [-0.4, -0.2) is 75.3 Å². The zero-order chi connectivity index (χ0) is 31.4. The molecule has 4 atom stereocenters. The molecule has 0 saturated carbocycles. The minimum absolute atomic E-state index is 0.0304. The topological polar surface area (TPSA) is 151 Å². The van der Waals surface area contributed by atoms with Crippen LogP contribution in [0.4, 0.5) is 14.0 Å². The zero-order valence-corrected chi connectivity index (χ0v) is 25.2. The van der Waals surface area contributed by atoms with Crippen molar-refractivity contribution in [2.75, 3.05) is 6.54 Å². The fourth-order valence-electron chi connectivity index (χ4n) is 4.84. The van der Waals surface area contributed by atoms with Crippen LogP contribution < -0.4 is 11.1 Å². The van der Waals surface area contributed by atoms with Gasteiger partial charge in [-0.1, -0.05) is 39.0 Å². The molecule has 2 aliphatic rings. The number of hydrogen-bond donors (Lipinski definition) is 3. The summed E-state index contributed by atoms with van der Waals surface area (Å²) in [5.41, 5.74) is 5.87. The van der Waals surface area contributed by atoms with Crippen LogP contribution in [0, 0.1) is 11.2 Å². The average molecular weight is 591 g/mol. The van der Waals surface area contributed by atoms with Gasteiger partial charge in [0, 0.05) is 24.9 Å². The number of likely N-dealkylation sites (tertiary alicyclic amines) is 1. The van der Waals surface area contributed by atoms with E-state index in [1.807, 2.05) is 20.8 Å². The summed E-state index contributed by atoms with van der Waals surface area (Å²) in [6.07, 6.45) is -0.587. The van der Waals surface area contributed by atoms with Gasteiger partial charge in [0.25, 0.3) is 0 Å². The van der Waals surface area contributed by atoms with Gasteiger partial charge >= 0.3 is 12.2 Å². The molecule has 0 bridgehead atoms. The summed E-state index contributed by atoms with van der Waals surface area (Å²) in [7, 11) is 0. The van der Waals surface area contributed by atoms with E-state index in [4.69, 9.17) is 15.2 Å². The van der Waals surface area contributed by atoms with Gasteiger partial charge in [-0.2, -0.15) is 0 Å². The maximum absolute atomic E-state index is 14.1. The highest BCUT2D eigenvalue weighted by atomic mass is 19.1. The number of carbonyl (C=O) groups is 4. The Balaban J connectivity index is 1.71. The molecule has 0 aromatic heterocycles. The molecule has 11 nitrogen and oxygen atoms in total. The lowest BCUT2D eigenvalue weighted by Crippen LogP contribution is -2.54. The van der Waals surface area contributed by atoms with Crippen LogP contribution in [0.5, 0.6) is 0 Å². The third-order valence-corrected chi connectivity index (χ3v) is 6.87. The molecule has 1 aromatic rings. The highest BCUT2D eigenvalue weighted by Gasteiger charge is 2.43. The quantitative estimate of drug-likeness (QED) is 0.308. The molecule has 2 aliphatic heterocycles. The van der Waals surface area contributed by atoms with Crippen molar-refractivity contribution in [1.82, 2.24) is 15.1 Å². The van der Waals surface area contributed by atoms with Crippen LogP contribution in [0.2, 0.25) is 0 Å². The van der Waals surface area contributed by atoms with E-state index in [1.54, 1.807) is 39.0 Å². The third kappa shape index (κ3) is 9.25. The molecule has 1 aromatic carbocycles. The van der Waals surface area contributed by atoms with E-state index >= 15 is 0 Å². The number of benzene rings is 1. The van der Waals surface area contributed by atoms with E-state index in [1.165, 1.54) is 21.9 Å². The first-order valence-electron chi connectivity index (χ1n) is 14.1. The lowest BCUT2D eigenvalue weighted by molar-refractivity contribution is -0.137. The number of alkyl carbamates (subject to hydrolysis) is 1. The molecular formula is C30H43FN4O7. The van der Waals surface area contributed by atoms with Crippen molar-refractivity contribution in [3.8, 4) is 0 Å². The van der Waals surface area contributed by atoms with Gasteiger partial charge in [-0.25, -0.2) is 14.0 Å². The molecule has 3 amide bonds. The first-order valence-corrected chi connectivity index (χ1v) is 14.1. The van der Waals surface area contributed by atoms with Gasteiger partial charge in [0.2, 0.25) is 5.91 Å². The first kappa shape index (κ1) is 33.0. The summed E-state index contributed by atoms with van der Waals surface area (Å²) in [5, 5.41) is 12.8. The molecule has 4 N–H and O–H groups in total. The predicted octanol–water partition coefficient (Wildman–Crippen LogP) is 3.37. The molecule has 12 heteroatoms. The number of allylic oxidation sites excluding steroid dienone is 2. The molecule has 0 aliphatic carbocycles. The molecule has 42 heavy (non-hydrogen) atoms. The highest BCUT2D eigenvalue weighted by Crippen LogP contribution is 2.28. The first-order chi connectivity index (χ1) is 19.4. The molecular weight excluding hydrogens is 547 g/mol. The second-order valence-electron chi connectivity index (χ2n) is 12.9. The van der Waals surface area contributed by atoms with Gasteiger partial charge in [-0.3, -0.25) is 14.5 Å². The number of fused-ring (bicyclic) bond motifs is 1. The van der Waals surface area contributed by atoms with E-state index in [0.29, 0.717) is 11.1 Å². The van der Waals surface area contributed by atoms with Crippen molar-refractivity contribution in [3.05, 3.63) is 47.3 Å². The van der Waals surface area contributed by atoms with Gasteiger partial charge in [-0.15, -0.1) is 0 Å². The molecule has 232 valence electrons. The van der Waals surface area contributed by atoms with Crippen LogP contribution in [0.3, 0.4) is 0 Å². The summed E-state index contributed by atoms with van der Waals surface area (Å²) in [4.78, 5) is 54.4. The summed E-state index contributed by atoms with van der Waals surface area (Å²) >= 11 is 0. The second kappa shape index (κ2) is 13.2. The molecule has 3 rings (SSSR count). The molecule has 0 spiro atoms. The molecule has 3 unspecified atom stereocenters. The fourth-order valence-corrected chi connectivity index (χ4v) is 4.84. The van der Waals surface area contributed by atoms with Crippen molar-refractivity contribution in [1.29, 1.82) is 0 Å². The van der Waals surface area contributed by atoms with Crippen molar-refractivity contribution < 1.29 is 38.1 Å². The van der Waals surface area contributed by atoms with Crippen LogP contribution in [0.15, 0.2) is 30.4 Å². The Kier molecular flexibility index (Phi) is 10.4. The Labute approximate surface area is 246 Å². The van der Waals surface area contributed by atoms with Crippen molar-refractivity contribution in [3.63, 3.8) is 0 Å². The number of aliphatic hydroxyl groups is 1. The molecule has 2 heterocycles. The third-order valence-electron chi connectivity index (χ3n) is 6.87. The molecule has 0 radical (unpaired) electrons. The van der Waals surface area contributed by atoms with E-state index in [2.05, 4.69) is 5.32 Å². The number of aliphatic hydroxyl groups excluding tert-OH is 1. The van der Waals surface area contributed by atoms with Crippen molar-refractivity contribution >= 4 is 23.9 Å². The van der Waals surface area contributed by atoms with E-state index in [0.717, 1.165) is 0 Å². The van der Waals surface area contributed by atoms with Gasteiger partial charge in [0.05, 0.1) is 19.1 Å². The lowest BCUT2D eigenvalue weighted by atomic mass is 9.95. The lowest BCUT2D eigenvalue weighted by Gasteiger charge is -2.30. The number of hydrogen-bond acceptors (Lipinski definition) is 8. The van der Waals surface area contributed by atoms with E-state index in [9.17, 15) is 28.7 Å². The Morgan fingerprint density at radius 1 is 1.17 bits per heavy atom. The van der Waals surface area contributed by atoms with Crippen LogP contribution >= 0.6 is 0 Å². The largest absolute Gasteiger partial charge is 0.444 e. The Bertz CT molecular complexity index is 1210. The van der Waals surface area contributed by atoms with Gasteiger partial charge < -0.3 is 30.5 Å². The number of nitrogens with zero attached hydrogens (tertiary/aromatic N) is 2. The Morgan fingerprint density at radius 3 is 2.45 bits per heavy atom. The summed E-state index contributed by atoms with van der Waals surface area (Å²) < 4.78 is 25.1.